The van der Waals surface area contributed by atoms with Crippen LogP contribution in [0.1, 0.15) is 34.4 Å². The van der Waals surface area contributed by atoms with Gasteiger partial charge in [0, 0.05) is 37.1 Å². The highest BCUT2D eigenvalue weighted by Gasteiger charge is 2.37. The van der Waals surface area contributed by atoms with E-state index in [2.05, 4.69) is 28.6 Å². The number of aliphatic imine (C=N–C) groups is 1. The van der Waals surface area contributed by atoms with Crippen LogP contribution in [0.5, 0.6) is 0 Å². The van der Waals surface area contributed by atoms with Crippen molar-refractivity contribution in [2.24, 2.45) is 4.99 Å². The third-order valence-corrected chi connectivity index (χ3v) is 6.48. The van der Waals surface area contributed by atoms with Crippen LogP contribution in [-0.2, 0) is 22.9 Å². The fourth-order valence-electron chi connectivity index (χ4n) is 3.58. The molecule has 1 aromatic carbocycles. The highest BCUT2D eigenvalue weighted by atomic mass is 32.1. The lowest BCUT2D eigenvalue weighted by Gasteiger charge is -2.38. The first kappa shape index (κ1) is 21.6. The molecule has 0 atom stereocenters. The van der Waals surface area contributed by atoms with Crippen molar-refractivity contribution >= 4 is 17.3 Å². The molecule has 1 aliphatic heterocycles. The molecule has 0 bridgehead atoms. The molecule has 1 saturated heterocycles. The summed E-state index contributed by atoms with van der Waals surface area (Å²) in [6, 6.07) is 7.74. The summed E-state index contributed by atoms with van der Waals surface area (Å²) in [5.41, 5.74) is 0.864. The molecule has 8 heteroatoms. The van der Waals surface area contributed by atoms with E-state index in [4.69, 9.17) is 4.74 Å². The molecule has 1 aliphatic rings. The molecule has 158 valence electrons. The first-order chi connectivity index (χ1) is 13.8. The van der Waals surface area contributed by atoms with Gasteiger partial charge in [-0.1, -0.05) is 18.2 Å². The number of aryl methyl sites for hydroxylation is 1. The van der Waals surface area contributed by atoms with Gasteiger partial charge in [0.2, 0.25) is 0 Å². The lowest BCUT2D eigenvalue weighted by molar-refractivity contribution is -0.137. The topological polar surface area (TPSA) is 45.7 Å². The van der Waals surface area contributed by atoms with Gasteiger partial charge in [0.1, 0.15) is 0 Å². The van der Waals surface area contributed by atoms with Crippen molar-refractivity contribution in [3.63, 3.8) is 0 Å². The van der Waals surface area contributed by atoms with Crippen molar-refractivity contribution in [2.45, 2.75) is 37.9 Å². The SMILES string of the molecule is CN=C(NCc1sccc1C)NCC1(c2cccc(C(F)(F)F)c2)CCOCC1. The Kier molecular flexibility index (Phi) is 6.85. The largest absolute Gasteiger partial charge is 0.416 e. The van der Waals surface area contributed by atoms with E-state index in [1.54, 1.807) is 24.5 Å². The maximum Gasteiger partial charge on any atom is 0.416 e. The second-order valence-corrected chi connectivity index (χ2v) is 8.28. The van der Waals surface area contributed by atoms with E-state index in [-0.39, 0.29) is 0 Å². The number of benzene rings is 1. The van der Waals surface area contributed by atoms with Crippen molar-refractivity contribution in [2.75, 3.05) is 26.8 Å². The quantitative estimate of drug-likeness (QED) is 0.548. The summed E-state index contributed by atoms with van der Waals surface area (Å²) in [6.45, 7) is 4.26. The molecule has 3 rings (SSSR count). The molecule has 1 fully saturated rings. The van der Waals surface area contributed by atoms with Crippen LogP contribution >= 0.6 is 11.3 Å². The third kappa shape index (κ3) is 5.30. The molecule has 2 N–H and O–H groups in total. The van der Waals surface area contributed by atoms with Gasteiger partial charge in [-0.05, 0) is 48.4 Å². The van der Waals surface area contributed by atoms with Gasteiger partial charge in [0.15, 0.2) is 5.96 Å². The van der Waals surface area contributed by atoms with Crippen molar-refractivity contribution in [1.29, 1.82) is 0 Å². The number of ether oxygens (including phenoxy) is 1. The van der Waals surface area contributed by atoms with Crippen LogP contribution < -0.4 is 10.6 Å². The fraction of sp³-hybridized carbons (Fsp3) is 0.476. The number of nitrogens with zero attached hydrogens (tertiary/aromatic N) is 1. The molecule has 0 unspecified atom stereocenters. The molecule has 1 aromatic heterocycles. The average molecular weight is 426 g/mol. The first-order valence-corrected chi connectivity index (χ1v) is 10.4. The molecule has 2 aromatic rings. The van der Waals surface area contributed by atoms with E-state index in [0.29, 0.717) is 50.7 Å². The Labute approximate surface area is 173 Å². The van der Waals surface area contributed by atoms with Crippen LogP contribution in [0.3, 0.4) is 0 Å². The molecular weight excluding hydrogens is 399 g/mol. The summed E-state index contributed by atoms with van der Waals surface area (Å²) >= 11 is 1.68. The average Bonchev–Trinajstić information content (AvgIpc) is 3.13. The van der Waals surface area contributed by atoms with E-state index in [9.17, 15) is 13.2 Å². The van der Waals surface area contributed by atoms with Gasteiger partial charge in [0.05, 0.1) is 12.1 Å². The molecule has 2 heterocycles. The van der Waals surface area contributed by atoms with Gasteiger partial charge in [-0.3, -0.25) is 4.99 Å². The Morgan fingerprint density at radius 1 is 1.21 bits per heavy atom. The number of hydrogen-bond acceptors (Lipinski definition) is 3. The maximum atomic E-state index is 13.2. The number of rotatable bonds is 5. The monoisotopic (exact) mass is 425 g/mol. The van der Waals surface area contributed by atoms with Crippen molar-refractivity contribution < 1.29 is 17.9 Å². The molecule has 0 saturated carbocycles. The summed E-state index contributed by atoms with van der Waals surface area (Å²) in [7, 11) is 1.69. The van der Waals surface area contributed by atoms with Gasteiger partial charge in [-0.15, -0.1) is 11.3 Å². The van der Waals surface area contributed by atoms with Crippen LogP contribution in [0.2, 0.25) is 0 Å². The lowest BCUT2D eigenvalue weighted by atomic mass is 9.73. The zero-order valence-corrected chi connectivity index (χ0v) is 17.4. The standard InChI is InChI=1S/C21H26F3N3OS/c1-15-6-11-29-18(15)13-26-19(25-2)27-14-20(7-9-28-10-8-20)16-4-3-5-17(12-16)21(22,23)24/h3-6,11-12H,7-10,13-14H2,1-2H3,(H2,25,26,27). The lowest BCUT2D eigenvalue weighted by Crippen LogP contribution is -2.48. The first-order valence-electron chi connectivity index (χ1n) is 9.57. The van der Waals surface area contributed by atoms with Crippen LogP contribution in [0.4, 0.5) is 13.2 Å². The maximum absolute atomic E-state index is 13.2. The predicted octanol–water partition coefficient (Wildman–Crippen LogP) is 4.49. The van der Waals surface area contributed by atoms with E-state index in [1.165, 1.54) is 22.6 Å². The smallest absolute Gasteiger partial charge is 0.381 e. The van der Waals surface area contributed by atoms with Gasteiger partial charge in [-0.25, -0.2) is 0 Å². The van der Waals surface area contributed by atoms with E-state index < -0.39 is 17.2 Å². The Morgan fingerprint density at radius 2 is 1.97 bits per heavy atom. The molecule has 29 heavy (non-hydrogen) atoms. The molecule has 0 aliphatic carbocycles. The third-order valence-electron chi connectivity index (χ3n) is 5.45. The van der Waals surface area contributed by atoms with Crippen LogP contribution in [0.25, 0.3) is 0 Å². The number of halogens is 3. The van der Waals surface area contributed by atoms with Crippen molar-refractivity contribution in [3.8, 4) is 0 Å². The summed E-state index contributed by atoms with van der Waals surface area (Å²) in [5.74, 6) is 0.635. The Bertz CT molecular complexity index is 842. The minimum atomic E-state index is -4.36. The molecule has 4 nitrogen and oxygen atoms in total. The number of guanidine groups is 1. The summed E-state index contributed by atoms with van der Waals surface area (Å²) in [6.07, 6.45) is -3.05. The molecular formula is C21H26F3N3OS. The van der Waals surface area contributed by atoms with Gasteiger partial charge in [-0.2, -0.15) is 13.2 Å². The van der Waals surface area contributed by atoms with Gasteiger partial charge < -0.3 is 15.4 Å². The highest BCUT2D eigenvalue weighted by Crippen LogP contribution is 2.37. The van der Waals surface area contributed by atoms with Crippen LogP contribution in [0, 0.1) is 6.92 Å². The van der Waals surface area contributed by atoms with Crippen molar-refractivity contribution in [3.05, 3.63) is 57.3 Å². The fourth-order valence-corrected chi connectivity index (χ4v) is 4.42. The highest BCUT2D eigenvalue weighted by molar-refractivity contribution is 7.10. The van der Waals surface area contributed by atoms with Crippen molar-refractivity contribution in [1.82, 2.24) is 10.6 Å². The van der Waals surface area contributed by atoms with Crippen LogP contribution in [0.15, 0.2) is 40.7 Å². The van der Waals surface area contributed by atoms with E-state index in [0.717, 1.165) is 6.07 Å². The summed E-state index contributed by atoms with van der Waals surface area (Å²) in [5, 5.41) is 8.67. The minimum absolute atomic E-state index is 0.435. The van der Waals surface area contributed by atoms with Crippen LogP contribution in [-0.4, -0.2) is 32.8 Å². The van der Waals surface area contributed by atoms with E-state index >= 15 is 0 Å². The normalized spacial score (nSPS) is 17.2. The molecule has 0 amide bonds. The number of alkyl halides is 3. The second kappa shape index (κ2) is 9.17. The zero-order chi connectivity index (χ0) is 20.9. The Balaban J connectivity index is 1.74. The number of nitrogens with one attached hydrogen (secondary N) is 2. The second-order valence-electron chi connectivity index (χ2n) is 7.28. The molecule has 0 spiro atoms. The number of thiophene rings is 1. The van der Waals surface area contributed by atoms with E-state index in [1.807, 2.05) is 5.38 Å². The summed E-state index contributed by atoms with van der Waals surface area (Å²) < 4.78 is 45.2. The molecule has 0 radical (unpaired) electrons. The minimum Gasteiger partial charge on any atom is -0.381 e. The number of hydrogen-bond donors (Lipinski definition) is 2. The van der Waals surface area contributed by atoms with Gasteiger partial charge in [0.25, 0.3) is 0 Å². The summed E-state index contributed by atoms with van der Waals surface area (Å²) in [4.78, 5) is 5.50. The zero-order valence-electron chi connectivity index (χ0n) is 16.6. The Hall–Kier alpha value is -2.06. The Morgan fingerprint density at radius 3 is 2.59 bits per heavy atom. The van der Waals surface area contributed by atoms with Gasteiger partial charge >= 0.3 is 6.18 Å². The predicted molar refractivity (Wildman–Crippen MR) is 110 cm³/mol.